The first kappa shape index (κ1) is 17.0. The van der Waals surface area contributed by atoms with E-state index in [2.05, 4.69) is 49.2 Å². The van der Waals surface area contributed by atoms with Gasteiger partial charge in [-0.1, -0.05) is 34.5 Å². The van der Waals surface area contributed by atoms with Crippen molar-refractivity contribution in [1.82, 2.24) is 15.1 Å². The molecule has 1 unspecified atom stereocenters. The Hall–Kier alpha value is -0.360. The first-order valence-corrected chi connectivity index (χ1v) is 8.76. The van der Waals surface area contributed by atoms with E-state index in [1.165, 1.54) is 5.69 Å². The molecule has 0 aliphatic carbocycles. The molecule has 0 saturated carbocycles. The number of benzene rings is 1. The highest BCUT2D eigenvalue weighted by Crippen LogP contribution is 2.31. The Kier molecular flexibility index (Phi) is 5.88. The third-order valence-corrected chi connectivity index (χ3v) is 5.43. The fourth-order valence-corrected chi connectivity index (χ4v) is 3.62. The van der Waals surface area contributed by atoms with Crippen molar-refractivity contribution in [3.63, 3.8) is 0 Å². The van der Waals surface area contributed by atoms with Crippen LogP contribution in [0.25, 0.3) is 0 Å². The van der Waals surface area contributed by atoms with Gasteiger partial charge in [-0.2, -0.15) is 5.10 Å². The van der Waals surface area contributed by atoms with Crippen LogP contribution in [0.15, 0.2) is 27.1 Å². The van der Waals surface area contributed by atoms with Gasteiger partial charge in [0, 0.05) is 29.0 Å². The molecule has 3 nitrogen and oxygen atoms in total. The van der Waals surface area contributed by atoms with Crippen LogP contribution in [0.4, 0.5) is 0 Å². The number of rotatable bonds is 5. The molecule has 0 saturated heterocycles. The first-order chi connectivity index (χ1) is 9.93. The van der Waals surface area contributed by atoms with Crippen molar-refractivity contribution in [2.24, 2.45) is 7.05 Å². The van der Waals surface area contributed by atoms with Crippen LogP contribution in [-0.4, -0.2) is 16.3 Å². The van der Waals surface area contributed by atoms with Crippen LogP contribution >= 0.6 is 43.5 Å². The summed E-state index contributed by atoms with van der Waals surface area (Å²) in [5.74, 6) is 0. The zero-order chi connectivity index (χ0) is 15.6. The summed E-state index contributed by atoms with van der Waals surface area (Å²) in [5.41, 5.74) is 3.34. The molecule has 1 aromatic carbocycles. The van der Waals surface area contributed by atoms with Gasteiger partial charge in [0.15, 0.2) is 0 Å². The highest BCUT2D eigenvalue weighted by Gasteiger charge is 2.19. The maximum atomic E-state index is 6.16. The molecule has 1 atom stereocenters. The van der Waals surface area contributed by atoms with Crippen molar-refractivity contribution in [3.05, 3.63) is 49.1 Å². The molecule has 6 heteroatoms. The van der Waals surface area contributed by atoms with Gasteiger partial charge in [-0.15, -0.1) is 0 Å². The van der Waals surface area contributed by atoms with Gasteiger partial charge >= 0.3 is 0 Å². The zero-order valence-electron chi connectivity index (χ0n) is 12.3. The lowest BCUT2D eigenvalue weighted by Crippen LogP contribution is -2.24. The van der Waals surface area contributed by atoms with Gasteiger partial charge in [-0.3, -0.25) is 4.68 Å². The fraction of sp³-hybridized carbons (Fsp3) is 0.400. The van der Waals surface area contributed by atoms with Gasteiger partial charge < -0.3 is 5.32 Å². The van der Waals surface area contributed by atoms with E-state index in [1.807, 2.05) is 36.9 Å². The summed E-state index contributed by atoms with van der Waals surface area (Å²) in [6.07, 6.45) is 0.838. The monoisotopic (exact) mass is 433 g/mol. The zero-order valence-corrected chi connectivity index (χ0v) is 16.2. The van der Waals surface area contributed by atoms with Crippen LogP contribution in [0.2, 0.25) is 5.02 Å². The Labute approximate surface area is 147 Å². The lowest BCUT2D eigenvalue weighted by molar-refractivity contribution is 0.526. The van der Waals surface area contributed by atoms with Gasteiger partial charge in [0.2, 0.25) is 0 Å². The number of likely N-dealkylation sites (N-methyl/N-ethyl adjacent to an activating group) is 1. The first-order valence-electron chi connectivity index (χ1n) is 6.80. The number of halogens is 3. The van der Waals surface area contributed by atoms with E-state index in [0.717, 1.165) is 38.2 Å². The number of nitrogens with one attached hydrogen (secondary N) is 1. The molecule has 0 aliphatic heterocycles. The molecule has 0 amide bonds. The summed E-state index contributed by atoms with van der Waals surface area (Å²) >= 11 is 13.4. The standard InChI is InChI=1S/C15H18Br2ClN3/c1-4-19-13(11-7-10(18)5-6-12(11)16)8-14-15(17)9(2)20-21(14)3/h5-7,13,19H,4,8H2,1-3H3. The number of aryl methyl sites for hydroxylation is 2. The highest BCUT2D eigenvalue weighted by molar-refractivity contribution is 9.10. The topological polar surface area (TPSA) is 29.9 Å². The van der Waals surface area contributed by atoms with Crippen molar-refractivity contribution in [1.29, 1.82) is 0 Å². The maximum absolute atomic E-state index is 6.16. The average molecular weight is 436 g/mol. The molecular weight excluding hydrogens is 417 g/mol. The Balaban J connectivity index is 2.37. The number of hydrogen-bond acceptors (Lipinski definition) is 2. The summed E-state index contributed by atoms with van der Waals surface area (Å²) < 4.78 is 4.07. The minimum absolute atomic E-state index is 0.175. The SMILES string of the molecule is CCNC(Cc1c(Br)c(C)nn1C)c1cc(Cl)ccc1Br. The van der Waals surface area contributed by atoms with Gasteiger partial charge in [0.1, 0.15) is 0 Å². The van der Waals surface area contributed by atoms with Crippen molar-refractivity contribution in [3.8, 4) is 0 Å². The number of aromatic nitrogens is 2. The molecule has 1 heterocycles. The molecule has 21 heavy (non-hydrogen) atoms. The predicted molar refractivity (Wildman–Crippen MR) is 94.9 cm³/mol. The van der Waals surface area contributed by atoms with Crippen molar-refractivity contribution in [2.75, 3.05) is 6.54 Å². The normalized spacial score (nSPS) is 12.7. The molecule has 0 fully saturated rings. The summed E-state index contributed by atoms with van der Waals surface area (Å²) in [7, 11) is 1.98. The van der Waals surface area contributed by atoms with E-state index in [1.54, 1.807) is 0 Å². The molecule has 114 valence electrons. The largest absolute Gasteiger partial charge is 0.310 e. The Morgan fingerprint density at radius 1 is 1.38 bits per heavy atom. The minimum atomic E-state index is 0.175. The second-order valence-electron chi connectivity index (χ2n) is 4.95. The van der Waals surface area contributed by atoms with Crippen molar-refractivity contribution < 1.29 is 0 Å². The molecule has 0 spiro atoms. The van der Waals surface area contributed by atoms with E-state index in [0.29, 0.717) is 0 Å². The number of hydrogen-bond donors (Lipinski definition) is 1. The molecule has 0 bridgehead atoms. The van der Waals surface area contributed by atoms with E-state index in [4.69, 9.17) is 11.6 Å². The molecule has 1 aromatic heterocycles. The van der Waals surface area contributed by atoms with Gasteiger partial charge in [-0.05, 0) is 53.2 Å². The Morgan fingerprint density at radius 3 is 2.67 bits per heavy atom. The molecular formula is C15H18Br2ClN3. The van der Waals surface area contributed by atoms with Crippen molar-refractivity contribution >= 4 is 43.5 Å². The molecule has 2 aromatic rings. The second-order valence-corrected chi connectivity index (χ2v) is 7.03. The second kappa shape index (κ2) is 7.27. The van der Waals surface area contributed by atoms with E-state index < -0.39 is 0 Å². The quantitative estimate of drug-likeness (QED) is 0.731. The van der Waals surface area contributed by atoms with Crippen LogP contribution in [0.1, 0.15) is 29.9 Å². The molecule has 0 aliphatic rings. The smallest absolute Gasteiger partial charge is 0.0738 e. The average Bonchev–Trinajstić information content (AvgIpc) is 2.67. The maximum Gasteiger partial charge on any atom is 0.0738 e. The van der Waals surface area contributed by atoms with Crippen LogP contribution < -0.4 is 5.32 Å². The Bertz CT molecular complexity index is 640. The van der Waals surface area contributed by atoms with Gasteiger partial charge in [0.25, 0.3) is 0 Å². The highest BCUT2D eigenvalue weighted by atomic mass is 79.9. The molecule has 1 N–H and O–H groups in total. The van der Waals surface area contributed by atoms with Crippen LogP contribution in [0, 0.1) is 6.92 Å². The van der Waals surface area contributed by atoms with E-state index >= 15 is 0 Å². The lowest BCUT2D eigenvalue weighted by atomic mass is 10.0. The third-order valence-electron chi connectivity index (χ3n) is 3.44. The predicted octanol–water partition coefficient (Wildman–Crippen LogP) is 4.80. The van der Waals surface area contributed by atoms with E-state index in [-0.39, 0.29) is 6.04 Å². The van der Waals surface area contributed by atoms with Crippen LogP contribution in [-0.2, 0) is 13.5 Å². The fourth-order valence-electron chi connectivity index (χ4n) is 2.42. The summed E-state index contributed by atoms with van der Waals surface area (Å²) in [6, 6.07) is 6.07. The van der Waals surface area contributed by atoms with Gasteiger partial charge in [0.05, 0.1) is 15.9 Å². The van der Waals surface area contributed by atoms with Crippen molar-refractivity contribution in [2.45, 2.75) is 26.3 Å². The van der Waals surface area contributed by atoms with E-state index in [9.17, 15) is 0 Å². The van der Waals surface area contributed by atoms with Crippen LogP contribution in [0.5, 0.6) is 0 Å². The molecule has 0 radical (unpaired) electrons. The van der Waals surface area contributed by atoms with Crippen LogP contribution in [0.3, 0.4) is 0 Å². The minimum Gasteiger partial charge on any atom is -0.310 e. The summed E-state index contributed by atoms with van der Waals surface area (Å²) in [6.45, 7) is 5.00. The lowest BCUT2D eigenvalue weighted by Gasteiger charge is -2.20. The molecule has 2 rings (SSSR count). The summed E-state index contributed by atoms with van der Waals surface area (Å²) in [4.78, 5) is 0. The van der Waals surface area contributed by atoms with Gasteiger partial charge in [-0.25, -0.2) is 0 Å². The Morgan fingerprint density at radius 2 is 2.10 bits per heavy atom. The number of nitrogens with zero attached hydrogens (tertiary/aromatic N) is 2. The third kappa shape index (κ3) is 3.89. The summed E-state index contributed by atoms with van der Waals surface area (Å²) in [5, 5.41) is 8.74.